The van der Waals surface area contributed by atoms with E-state index in [9.17, 15) is 19.5 Å². The highest BCUT2D eigenvalue weighted by atomic mass is 32.2. The fourth-order valence-electron chi connectivity index (χ4n) is 7.62. The van der Waals surface area contributed by atoms with Crippen LogP contribution in [0.25, 0.3) is 0 Å². The topological polar surface area (TPSA) is 81.2 Å². The van der Waals surface area contributed by atoms with Crippen molar-refractivity contribution in [1.29, 1.82) is 0 Å². The normalized spacial score (nSPS) is 27.6. The van der Waals surface area contributed by atoms with Gasteiger partial charge in [-0.3, -0.25) is 14.4 Å². The summed E-state index contributed by atoms with van der Waals surface area (Å²) in [4.78, 5) is 48.6. The molecule has 1 N–H and O–H groups in total. The van der Waals surface area contributed by atoms with E-state index in [1.807, 2.05) is 62.4 Å². The number of carbonyl (C=O) groups is 3. The molecular formula is C34H41N3O4S. The Hall–Kier alpha value is -3.36. The van der Waals surface area contributed by atoms with Crippen LogP contribution in [-0.2, 0) is 20.9 Å². The van der Waals surface area contributed by atoms with Gasteiger partial charge >= 0.3 is 0 Å². The van der Waals surface area contributed by atoms with Crippen LogP contribution in [0.5, 0.6) is 0 Å². The molecule has 8 heteroatoms. The van der Waals surface area contributed by atoms with E-state index in [4.69, 9.17) is 0 Å². The van der Waals surface area contributed by atoms with Crippen molar-refractivity contribution in [3.05, 3.63) is 90.5 Å². The molecule has 5 atom stereocenters. The van der Waals surface area contributed by atoms with Crippen molar-refractivity contribution in [2.24, 2.45) is 11.8 Å². The molecule has 0 radical (unpaired) electrons. The van der Waals surface area contributed by atoms with Gasteiger partial charge in [0.15, 0.2) is 0 Å². The van der Waals surface area contributed by atoms with Gasteiger partial charge < -0.3 is 19.8 Å². The van der Waals surface area contributed by atoms with Gasteiger partial charge in [0.1, 0.15) is 6.04 Å². The molecule has 42 heavy (non-hydrogen) atoms. The minimum Gasteiger partial charge on any atom is -0.395 e. The van der Waals surface area contributed by atoms with Gasteiger partial charge in [0.05, 0.1) is 23.2 Å². The number of thioether (sulfide) groups is 1. The maximum atomic E-state index is 14.7. The van der Waals surface area contributed by atoms with E-state index < -0.39 is 27.4 Å². The van der Waals surface area contributed by atoms with Gasteiger partial charge in [-0.15, -0.1) is 24.9 Å². The number of aryl methyl sites for hydroxylation is 2. The highest BCUT2D eigenvalue weighted by Crippen LogP contribution is 2.71. The minimum atomic E-state index is -0.798. The fourth-order valence-corrected chi connectivity index (χ4v) is 9.96. The smallest absolute Gasteiger partial charge is 0.251 e. The molecule has 3 fully saturated rings. The molecule has 0 aliphatic carbocycles. The molecular weight excluding hydrogens is 546 g/mol. The molecule has 0 aromatic heterocycles. The Kier molecular flexibility index (Phi) is 8.41. The van der Waals surface area contributed by atoms with Crippen molar-refractivity contribution in [3.63, 3.8) is 0 Å². The number of amides is 3. The van der Waals surface area contributed by atoms with Crippen LogP contribution in [0.3, 0.4) is 0 Å². The van der Waals surface area contributed by atoms with Crippen molar-refractivity contribution in [1.82, 2.24) is 9.80 Å². The second-order valence-electron chi connectivity index (χ2n) is 12.0. The number of aliphatic hydroxyl groups excluding tert-OH is 1. The molecule has 7 nitrogen and oxygen atoms in total. The van der Waals surface area contributed by atoms with Crippen LogP contribution in [0.1, 0.15) is 36.5 Å². The lowest BCUT2D eigenvalue weighted by molar-refractivity contribution is -0.145. The Labute approximate surface area is 253 Å². The number of aliphatic hydroxyl groups is 1. The molecule has 2 unspecified atom stereocenters. The number of nitrogens with zero attached hydrogens (tertiary/aromatic N) is 3. The van der Waals surface area contributed by atoms with Gasteiger partial charge in [0.25, 0.3) is 5.91 Å². The maximum Gasteiger partial charge on any atom is 0.251 e. The Morgan fingerprint density at radius 3 is 2.31 bits per heavy atom. The first kappa shape index (κ1) is 30.1. The number of fused-ring (bicyclic) bond motifs is 1. The molecule has 0 saturated carbocycles. The zero-order chi connectivity index (χ0) is 30.2. The van der Waals surface area contributed by atoms with Crippen LogP contribution in [0.15, 0.2) is 73.8 Å². The Bertz CT molecular complexity index is 1380. The monoisotopic (exact) mass is 587 g/mol. The summed E-state index contributed by atoms with van der Waals surface area (Å²) in [6.07, 6.45) is 4.81. The molecule has 3 aliphatic rings. The summed E-state index contributed by atoms with van der Waals surface area (Å²) in [6, 6.07) is 14.9. The lowest BCUT2D eigenvalue weighted by Crippen LogP contribution is -2.55. The first-order chi connectivity index (χ1) is 20.1. The third-order valence-electron chi connectivity index (χ3n) is 9.28. The summed E-state index contributed by atoms with van der Waals surface area (Å²) < 4.78 is -1.25. The molecule has 1 spiro atoms. The van der Waals surface area contributed by atoms with Crippen molar-refractivity contribution >= 4 is 35.2 Å². The Morgan fingerprint density at radius 2 is 1.69 bits per heavy atom. The molecule has 3 saturated heterocycles. The van der Waals surface area contributed by atoms with E-state index in [1.165, 1.54) is 0 Å². The van der Waals surface area contributed by atoms with Gasteiger partial charge in [-0.2, -0.15) is 0 Å². The lowest BCUT2D eigenvalue weighted by atomic mass is 9.66. The van der Waals surface area contributed by atoms with E-state index in [1.54, 1.807) is 38.6 Å². The number of carbonyl (C=O) groups excluding carboxylic acids is 3. The van der Waals surface area contributed by atoms with Crippen LogP contribution >= 0.6 is 11.8 Å². The SMILES string of the molecule is C=CCN(Cc1ccccc1)C(=O)[C@H]1[C@H]2C(=O)N(CCO)C(C(=O)N(CC=C)c3c(C)cccc3C)C23CC[C@]1(C)S3. The number of likely N-dealkylation sites (tertiary alicyclic amines) is 1. The largest absolute Gasteiger partial charge is 0.395 e. The molecule has 3 amide bonds. The molecule has 222 valence electrons. The van der Waals surface area contributed by atoms with Crippen molar-refractivity contribution < 1.29 is 19.5 Å². The van der Waals surface area contributed by atoms with Crippen LogP contribution in [0, 0.1) is 25.7 Å². The summed E-state index contributed by atoms with van der Waals surface area (Å²) in [7, 11) is 0. The van der Waals surface area contributed by atoms with Crippen LogP contribution in [0.2, 0.25) is 0 Å². The summed E-state index contributed by atoms with van der Waals surface area (Å²) in [5.74, 6) is -1.72. The van der Waals surface area contributed by atoms with Crippen molar-refractivity contribution in [2.45, 2.75) is 55.7 Å². The summed E-state index contributed by atoms with van der Waals surface area (Å²) >= 11 is 1.65. The standard InChI is InChI=1S/C34H41N3O4S/c1-6-18-35(22-25-14-9-8-10-15-25)30(39)26-27-31(40)37(20-21-38)29(34(27)17-16-33(26,5)42-34)32(41)36(19-7-2)28-23(3)12-11-13-24(28)4/h6-15,26-27,29,38H,1-2,16-22H2,3-5H3/t26-,27+,29?,33+,34?/m1/s1. The third-order valence-corrected chi connectivity index (χ3v) is 11.3. The maximum absolute atomic E-state index is 14.7. The van der Waals surface area contributed by atoms with E-state index in [0.717, 1.165) is 28.8 Å². The van der Waals surface area contributed by atoms with Crippen LogP contribution in [-0.4, -0.2) is 74.4 Å². The minimum absolute atomic E-state index is 0.0424. The molecule has 3 heterocycles. The van der Waals surface area contributed by atoms with Gasteiger partial charge in [0, 0.05) is 36.6 Å². The number of hydrogen-bond acceptors (Lipinski definition) is 5. The molecule has 5 rings (SSSR count). The van der Waals surface area contributed by atoms with Gasteiger partial charge in [-0.1, -0.05) is 60.7 Å². The second kappa shape index (κ2) is 11.7. The van der Waals surface area contributed by atoms with Crippen molar-refractivity contribution in [2.75, 3.05) is 31.1 Å². The lowest BCUT2D eigenvalue weighted by Gasteiger charge is -2.38. The first-order valence-corrected chi connectivity index (χ1v) is 15.5. The summed E-state index contributed by atoms with van der Waals surface area (Å²) in [5, 5.41) is 10.0. The third kappa shape index (κ3) is 4.78. The first-order valence-electron chi connectivity index (χ1n) is 14.7. The number of hydrogen-bond donors (Lipinski definition) is 1. The summed E-state index contributed by atoms with van der Waals surface area (Å²) in [6.45, 7) is 14.7. The quantitative estimate of drug-likeness (QED) is 0.392. The van der Waals surface area contributed by atoms with Crippen LogP contribution < -0.4 is 4.90 Å². The number of anilines is 1. The van der Waals surface area contributed by atoms with Gasteiger partial charge in [-0.25, -0.2) is 0 Å². The summed E-state index contributed by atoms with van der Waals surface area (Å²) in [5.41, 5.74) is 3.74. The van der Waals surface area contributed by atoms with Gasteiger partial charge in [-0.05, 0) is 50.3 Å². The van der Waals surface area contributed by atoms with Crippen LogP contribution in [0.4, 0.5) is 5.69 Å². The highest BCUT2D eigenvalue weighted by molar-refractivity contribution is 8.02. The average Bonchev–Trinajstić information content (AvgIpc) is 3.53. The fraction of sp³-hybridized carbons (Fsp3) is 0.441. The zero-order valence-electron chi connectivity index (χ0n) is 24.8. The second-order valence-corrected chi connectivity index (χ2v) is 13.9. The molecule has 2 aromatic carbocycles. The zero-order valence-corrected chi connectivity index (χ0v) is 25.6. The highest BCUT2D eigenvalue weighted by Gasteiger charge is 2.77. The molecule has 2 aromatic rings. The van der Waals surface area contributed by atoms with E-state index in [2.05, 4.69) is 20.1 Å². The predicted molar refractivity (Wildman–Crippen MR) is 168 cm³/mol. The van der Waals surface area contributed by atoms with E-state index >= 15 is 0 Å². The number of benzene rings is 2. The van der Waals surface area contributed by atoms with Crippen molar-refractivity contribution in [3.8, 4) is 0 Å². The molecule has 2 bridgehead atoms. The molecule has 3 aliphatic heterocycles. The predicted octanol–water partition coefficient (Wildman–Crippen LogP) is 4.51. The number of rotatable bonds is 11. The number of β-amino-alcohol motifs (C(OH)–C–C–N with tert-alkyl or cyclic N) is 1. The van der Waals surface area contributed by atoms with E-state index in [-0.39, 0.29) is 37.4 Å². The Balaban J connectivity index is 1.57. The van der Waals surface area contributed by atoms with Gasteiger partial charge in [0.2, 0.25) is 11.8 Å². The van der Waals surface area contributed by atoms with E-state index in [0.29, 0.717) is 19.5 Å². The number of para-hydroxylation sites is 1. The average molecular weight is 588 g/mol. The Morgan fingerprint density at radius 1 is 1.02 bits per heavy atom.